The van der Waals surface area contributed by atoms with Crippen LogP contribution in [-0.4, -0.2) is 17.1 Å². The highest BCUT2D eigenvalue weighted by Gasteiger charge is 2.33. The number of aryl methyl sites for hydroxylation is 2. The predicted molar refractivity (Wildman–Crippen MR) is 73.5 cm³/mol. The number of methoxy groups -OCH3 is 1. The van der Waals surface area contributed by atoms with Crippen molar-refractivity contribution in [1.82, 2.24) is 9.97 Å². The summed E-state index contributed by atoms with van der Waals surface area (Å²) < 4.78 is 43.6. The fourth-order valence-corrected chi connectivity index (χ4v) is 2.17. The van der Waals surface area contributed by atoms with E-state index < -0.39 is 17.2 Å². The summed E-state index contributed by atoms with van der Waals surface area (Å²) in [5.41, 5.74) is 1.15. The van der Waals surface area contributed by atoms with E-state index in [2.05, 4.69) is 9.97 Å². The number of benzene rings is 1. The number of halogens is 4. The minimum atomic E-state index is -4.57. The lowest BCUT2D eigenvalue weighted by Crippen LogP contribution is -2.09. The number of hydrogen-bond acceptors (Lipinski definition) is 3. The molecule has 0 spiro atoms. The van der Waals surface area contributed by atoms with E-state index in [1.807, 2.05) is 0 Å². The quantitative estimate of drug-likeness (QED) is 0.768. The monoisotopic (exact) mass is 316 g/mol. The first-order valence-corrected chi connectivity index (χ1v) is 6.37. The van der Waals surface area contributed by atoms with E-state index in [-0.39, 0.29) is 5.69 Å². The van der Waals surface area contributed by atoms with Gasteiger partial charge in [-0.3, -0.25) is 0 Å². The Morgan fingerprint density at radius 1 is 1.05 bits per heavy atom. The zero-order valence-corrected chi connectivity index (χ0v) is 12.3. The number of aromatic nitrogens is 2. The Morgan fingerprint density at radius 2 is 1.71 bits per heavy atom. The van der Waals surface area contributed by atoms with Crippen LogP contribution in [0.15, 0.2) is 18.2 Å². The van der Waals surface area contributed by atoms with Crippen LogP contribution in [0.4, 0.5) is 13.2 Å². The summed E-state index contributed by atoms with van der Waals surface area (Å²) >= 11 is 5.61. The molecule has 0 aliphatic rings. The van der Waals surface area contributed by atoms with Crippen LogP contribution in [0.5, 0.6) is 5.75 Å². The first-order valence-electron chi connectivity index (χ1n) is 5.99. The maximum absolute atomic E-state index is 12.8. The van der Waals surface area contributed by atoms with Crippen LogP contribution in [0.2, 0.25) is 5.28 Å². The van der Waals surface area contributed by atoms with Crippen LogP contribution in [0.1, 0.15) is 16.8 Å². The van der Waals surface area contributed by atoms with Gasteiger partial charge in [-0.2, -0.15) is 13.2 Å². The van der Waals surface area contributed by atoms with Crippen LogP contribution in [0, 0.1) is 13.8 Å². The summed E-state index contributed by atoms with van der Waals surface area (Å²) in [6.45, 7) is 3.57. The average molecular weight is 317 g/mol. The molecule has 0 bridgehead atoms. The summed E-state index contributed by atoms with van der Waals surface area (Å²) in [6, 6.07) is 4.35. The first-order chi connectivity index (χ1) is 9.72. The minimum Gasteiger partial charge on any atom is -0.496 e. The van der Waals surface area contributed by atoms with E-state index in [1.165, 1.54) is 7.11 Å². The van der Waals surface area contributed by atoms with Crippen molar-refractivity contribution in [3.05, 3.63) is 40.3 Å². The predicted octanol–water partition coefficient (Wildman–Crippen LogP) is 4.44. The van der Waals surface area contributed by atoms with Crippen molar-refractivity contribution in [1.29, 1.82) is 0 Å². The van der Waals surface area contributed by atoms with Crippen LogP contribution < -0.4 is 4.74 Å². The molecule has 0 radical (unpaired) electrons. The van der Waals surface area contributed by atoms with Crippen molar-refractivity contribution >= 4 is 11.6 Å². The zero-order valence-electron chi connectivity index (χ0n) is 11.5. The Bertz CT molecular complexity index is 687. The molecule has 0 aliphatic carbocycles. The molecule has 0 N–H and O–H groups in total. The molecule has 3 nitrogen and oxygen atoms in total. The van der Waals surface area contributed by atoms with Gasteiger partial charge < -0.3 is 4.74 Å². The van der Waals surface area contributed by atoms with E-state index in [0.717, 1.165) is 17.2 Å². The number of rotatable bonds is 2. The van der Waals surface area contributed by atoms with Crippen molar-refractivity contribution in [2.24, 2.45) is 0 Å². The molecule has 0 amide bonds. The molecule has 1 heterocycles. The van der Waals surface area contributed by atoms with E-state index in [4.69, 9.17) is 16.3 Å². The lowest BCUT2D eigenvalue weighted by atomic mass is 10.0. The number of ether oxygens (including phenoxy) is 1. The second-order valence-electron chi connectivity index (χ2n) is 4.54. The number of nitrogens with zero attached hydrogens (tertiary/aromatic N) is 2. The second-order valence-corrected chi connectivity index (χ2v) is 4.88. The molecule has 112 valence electrons. The summed E-state index contributed by atoms with van der Waals surface area (Å²) in [6.07, 6.45) is -4.57. The average Bonchev–Trinajstić information content (AvgIpc) is 2.39. The Morgan fingerprint density at radius 3 is 2.29 bits per heavy atom. The van der Waals surface area contributed by atoms with Gasteiger partial charge in [0.2, 0.25) is 5.28 Å². The lowest BCUT2D eigenvalue weighted by Gasteiger charge is -2.13. The fourth-order valence-electron chi connectivity index (χ4n) is 1.99. The summed E-state index contributed by atoms with van der Waals surface area (Å²) in [4.78, 5) is 7.11. The van der Waals surface area contributed by atoms with E-state index in [9.17, 15) is 13.2 Å². The van der Waals surface area contributed by atoms with E-state index in [1.54, 1.807) is 26.0 Å². The van der Waals surface area contributed by atoms with Gasteiger partial charge in [0.25, 0.3) is 0 Å². The minimum absolute atomic E-state index is 0.130. The van der Waals surface area contributed by atoms with Gasteiger partial charge in [-0.15, -0.1) is 0 Å². The third kappa shape index (κ3) is 3.26. The highest BCUT2D eigenvalue weighted by molar-refractivity contribution is 6.28. The molecule has 0 atom stereocenters. The van der Waals surface area contributed by atoms with Crippen molar-refractivity contribution in [3.63, 3.8) is 0 Å². The standard InChI is InChI=1S/C14H12ClF3N2O/c1-7-5-11(21-3)8(2)4-9(7)10-6-12(14(16,17)18)20-13(15)19-10/h4-6H,1-3H3. The SMILES string of the molecule is COc1cc(C)c(-c2cc(C(F)(F)F)nc(Cl)n2)cc1C. The molecular formula is C14H12ClF3N2O. The molecule has 7 heteroatoms. The molecule has 0 fully saturated rings. The second kappa shape index (κ2) is 5.52. The molecule has 2 rings (SSSR count). The van der Waals surface area contributed by atoms with Gasteiger partial charge in [-0.05, 0) is 54.8 Å². The highest BCUT2D eigenvalue weighted by Crippen LogP contribution is 2.33. The van der Waals surface area contributed by atoms with Gasteiger partial charge >= 0.3 is 6.18 Å². The smallest absolute Gasteiger partial charge is 0.433 e. The molecule has 2 aromatic rings. The van der Waals surface area contributed by atoms with Crippen LogP contribution in [0.25, 0.3) is 11.3 Å². The van der Waals surface area contributed by atoms with E-state index in [0.29, 0.717) is 11.3 Å². The zero-order chi connectivity index (χ0) is 15.8. The van der Waals surface area contributed by atoms with Crippen LogP contribution in [0.3, 0.4) is 0 Å². The van der Waals surface area contributed by atoms with Gasteiger partial charge in [-0.25, -0.2) is 9.97 Å². The Hall–Kier alpha value is -1.82. The van der Waals surface area contributed by atoms with Gasteiger partial charge in [0.15, 0.2) is 0 Å². The topological polar surface area (TPSA) is 35.0 Å². The molecular weight excluding hydrogens is 305 g/mol. The largest absolute Gasteiger partial charge is 0.496 e. The van der Waals surface area contributed by atoms with Crippen LogP contribution >= 0.6 is 11.6 Å². The molecule has 0 saturated heterocycles. The van der Waals surface area contributed by atoms with Crippen molar-refractivity contribution in [2.75, 3.05) is 7.11 Å². The highest BCUT2D eigenvalue weighted by atomic mass is 35.5. The van der Waals surface area contributed by atoms with E-state index >= 15 is 0 Å². The molecule has 0 aliphatic heterocycles. The molecule has 1 aromatic carbocycles. The van der Waals surface area contributed by atoms with Crippen molar-refractivity contribution < 1.29 is 17.9 Å². The maximum Gasteiger partial charge on any atom is 0.433 e. The Labute approximate surface area is 124 Å². The Kier molecular flexibility index (Phi) is 4.09. The van der Waals surface area contributed by atoms with Crippen molar-refractivity contribution in [2.45, 2.75) is 20.0 Å². The number of alkyl halides is 3. The van der Waals surface area contributed by atoms with Gasteiger partial charge in [0.1, 0.15) is 11.4 Å². The summed E-state index contributed by atoms with van der Waals surface area (Å²) in [5.74, 6) is 0.660. The van der Waals surface area contributed by atoms with Crippen LogP contribution in [-0.2, 0) is 6.18 Å². The first kappa shape index (κ1) is 15.6. The molecule has 0 saturated carbocycles. The fraction of sp³-hybridized carbons (Fsp3) is 0.286. The summed E-state index contributed by atoms with van der Waals surface area (Å²) in [7, 11) is 1.53. The van der Waals surface area contributed by atoms with Gasteiger partial charge in [-0.1, -0.05) is 0 Å². The third-order valence-electron chi connectivity index (χ3n) is 3.01. The molecule has 0 unspecified atom stereocenters. The number of hydrogen-bond donors (Lipinski definition) is 0. The normalized spacial score (nSPS) is 11.6. The maximum atomic E-state index is 12.8. The third-order valence-corrected chi connectivity index (χ3v) is 3.18. The Balaban J connectivity index is 2.62. The molecule has 21 heavy (non-hydrogen) atoms. The van der Waals surface area contributed by atoms with Crippen molar-refractivity contribution in [3.8, 4) is 17.0 Å². The summed E-state index contributed by atoms with van der Waals surface area (Å²) in [5, 5.41) is -0.437. The van der Waals surface area contributed by atoms with Gasteiger partial charge in [0, 0.05) is 5.56 Å². The molecule has 1 aromatic heterocycles. The van der Waals surface area contributed by atoms with Gasteiger partial charge in [0.05, 0.1) is 12.8 Å². The lowest BCUT2D eigenvalue weighted by molar-refractivity contribution is -0.141.